The molecule has 9 heteroatoms. The smallest absolute Gasteiger partial charge is 0.340 e. The summed E-state index contributed by atoms with van der Waals surface area (Å²) in [6.07, 6.45) is 0.235. The lowest BCUT2D eigenvalue weighted by Gasteiger charge is -2.15. The van der Waals surface area contributed by atoms with Crippen molar-refractivity contribution in [2.24, 2.45) is 0 Å². The molecule has 0 saturated carbocycles. The molecule has 0 aliphatic rings. The van der Waals surface area contributed by atoms with Crippen LogP contribution in [0.5, 0.6) is 11.5 Å². The summed E-state index contributed by atoms with van der Waals surface area (Å²) < 4.78 is 15.9. The number of ether oxygens (including phenoxy) is 2. The third-order valence-electron chi connectivity index (χ3n) is 4.41. The number of likely N-dealkylation sites (N-methyl/N-ethyl adjacent to an activating group) is 1. The van der Waals surface area contributed by atoms with Gasteiger partial charge >= 0.3 is 5.63 Å². The van der Waals surface area contributed by atoms with E-state index < -0.39 is 5.63 Å². The monoisotopic (exact) mass is 406 g/mol. The number of aldehydes is 1. The van der Waals surface area contributed by atoms with Gasteiger partial charge in [-0.25, -0.2) is 4.79 Å². The van der Waals surface area contributed by atoms with E-state index in [4.69, 9.17) is 13.9 Å². The van der Waals surface area contributed by atoms with Crippen molar-refractivity contribution in [1.82, 2.24) is 10.2 Å². The van der Waals surface area contributed by atoms with Crippen LogP contribution < -0.4 is 15.7 Å². The minimum Gasteiger partial charge on any atom is -0.507 e. The zero-order chi connectivity index (χ0) is 21.6. The Balaban J connectivity index is 2.49. The number of carbonyl (C=O) groups excluding carboxylic acids is 2. The van der Waals surface area contributed by atoms with Crippen LogP contribution in [-0.4, -0.2) is 69.7 Å². The fourth-order valence-electron chi connectivity index (χ4n) is 2.87. The Labute approximate surface area is 168 Å². The van der Waals surface area contributed by atoms with Crippen LogP contribution in [0.15, 0.2) is 15.3 Å². The van der Waals surface area contributed by atoms with Crippen molar-refractivity contribution in [2.75, 3.05) is 47.5 Å². The molecule has 0 unspecified atom stereocenters. The standard InChI is InChI=1S/C20H26N2O7/c1-12-13(9-17(25)21-5-6-22(2)3)20(26)29-19-14(11-23)15(24)10-16(18(12)19)28-8-7-27-4/h10-11,24H,5-9H2,1-4H3,(H,21,25). The van der Waals surface area contributed by atoms with E-state index in [1.807, 2.05) is 19.0 Å². The molecule has 0 fully saturated rings. The third kappa shape index (κ3) is 5.33. The summed E-state index contributed by atoms with van der Waals surface area (Å²) in [5.74, 6) is -0.454. The molecule has 0 saturated heterocycles. The van der Waals surface area contributed by atoms with Gasteiger partial charge in [-0.05, 0) is 26.6 Å². The number of phenols is 1. The molecule has 2 N–H and O–H groups in total. The van der Waals surface area contributed by atoms with Crippen molar-refractivity contribution in [3.05, 3.63) is 33.2 Å². The van der Waals surface area contributed by atoms with Crippen LogP contribution in [-0.2, 0) is 16.0 Å². The molecule has 2 rings (SSSR count). The number of rotatable bonds is 10. The van der Waals surface area contributed by atoms with Crippen molar-refractivity contribution >= 4 is 23.2 Å². The van der Waals surface area contributed by atoms with Crippen molar-refractivity contribution < 1.29 is 28.6 Å². The minimum absolute atomic E-state index is 0.0771. The Morgan fingerprint density at radius 1 is 1.34 bits per heavy atom. The summed E-state index contributed by atoms with van der Waals surface area (Å²) in [6, 6.07) is 1.29. The second-order valence-corrected chi connectivity index (χ2v) is 6.79. The lowest BCUT2D eigenvalue weighted by Crippen LogP contribution is -2.33. The van der Waals surface area contributed by atoms with Gasteiger partial charge in [-0.15, -0.1) is 0 Å². The molecule has 29 heavy (non-hydrogen) atoms. The number of benzene rings is 1. The van der Waals surface area contributed by atoms with Gasteiger partial charge in [0, 0.05) is 26.3 Å². The maximum Gasteiger partial charge on any atom is 0.340 e. The molecule has 1 aromatic heterocycles. The number of aromatic hydroxyl groups is 1. The highest BCUT2D eigenvalue weighted by Crippen LogP contribution is 2.36. The first kappa shape index (κ1) is 22.4. The largest absolute Gasteiger partial charge is 0.507 e. The molecule has 1 aromatic carbocycles. The summed E-state index contributed by atoms with van der Waals surface area (Å²) in [7, 11) is 5.30. The number of hydrogen-bond acceptors (Lipinski definition) is 8. The molecule has 2 aromatic rings. The predicted octanol–water partition coefficient (Wildman–Crippen LogP) is 0.865. The highest BCUT2D eigenvalue weighted by atomic mass is 16.5. The first-order valence-electron chi connectivity index (χ1n) is 9.10. The Kier molecular flexibility index (Phi) is 7.74. The Bertz CT molecular complexity index is 950. The van der Waals surface area contributed by atoms with E-state index in [0.29, 0.717) is 36.9 Å². The molecular formula is C20H26N2O7. The van der Waals surface area contributed by atoms with Gasteiger partial charge in [0.25, 0.3) is 0 Å². The lowest BCUT2D eigenvalue weighted by molar-refractivity contribution is -0.120. The van der Waals surface area contributed by atoms with Crippen LogP contribution in [0, 0.1) is 6.92 Å². The Morgan fingerprint density at radius 2 is 2.07 bits per heavy atom. The van der Waals surface area contributed by atoms with Crippen molar-refractivity contribution in [3.63, 3.8) is 0 Å². The van der Waals surface area contributed by atoms with Gasteiger partial charge in [-0.3, -0.25) is 9.59 Å². The van der Waals surface area contributed by atoms with Gasteiger partial charge in [0.2, 0.25) is 5.91 Å². The zero-order valence-electron chi connectivity index (χ0n) is 17.0. The Hall–Kier alpha value is -2.91. The highest BCUT2D eigenvalue weighted by molar-refractivity contribution is 6.02. The fourth-order valence-corrected chi connectivity index (χ4v) is 2.87. The highest BCUT2D eigenvalue weighted by Gasteiger charge is 2.22. The second kappa shape index (κ2) is 10.0. The van der Waals surface area contributed by atoms with Crippen molar-refractivity contribution in [1.29, 1.82) is 0 Å². The molecule has 0 spiro atoms. The van der Waals surface area contributed by atoms with Crippen LogP contribution in [0.2, 0.25) is 0 Å². The number of amides is 1. The molecule has 1 amide bonds. The first-order valence-corrected chi connectivity index (χ1v) is 9.10. The molecule has 9 nitrogen and oxygen atoms in total. The molecule has 0 radical (unpaired) electrons. The molecule has 0 atom stereocenters. The summed E-state index contributed by atoms with van der Waals surface area (Å²) in [4.78, 5) is 38.1. The van der Waals surface area contributed by atoms with Crippen molar-refractivity contribution in [3.8, 4) is 11.5 Å². The van der Waals surface area contributed by atoms with Crippen LogP contribution in [0.1, 0.15) is 21.5 Å². The SMILES string of the molecule is COCCOc1cc(O)c(C=O)c2oc(=O)c(CC(=O)NCCN(C)C)c(C)c12. The summed E-state index contributed by atoms with van der Waals surface area (Å²) in [6.45, 7) is 3.24. The number of phenolic OH excluding ortho intramolecular Hbond substituents is 1. The summed E-state index contributed by atoms with van der Waals surface area (Å²) in [5, 5.41) is 13.2. The number of hydrogen-bond donors (Lipinski definition) is 2. The van der Waals surface area contributed by atoms with E-state index >= 15 is 0 Å². The van der Waals surface area contributed by atoms with Gasteiger partial charge in [-0.1, -0.05) is 0 Å². The maximum absolute atomic E-state index is 12.5. The van der Waals surface area contributed by atoms with E-state index in [9.17, 15) is 19.5 Å². The van der Waals surface area contributed by atoms with Crippen LogP contribution in [0.25, 0.3) is 11.0 Å². The molecule has 0 aliphatic heterocycles. The van der Waals surface area contributed by atoms with E-state index in [1.54, 1.807) is 6.92 Å². The van der Waals surface area contributed by atoms with Crippen LogP contribution >= 0.6 is 0 Å². The number of fused-ring (bicyclic) bond motifs is 1. The molecule has 0 bridgehead atoms. The fraction of sp³-hybridized carbons (Fsp3) is 0.450. The van der Waals surface area contributed by atoms with Crippen LogP contribution in [0.4, 0.5) is 0 Å². The van der Waals surface area contributed by atoms with E-state index in [1.165, 1.54) is 13.2 Å². The molecule has 1 heterocycles. The van der Waals surface area contributed by atoms with Gasteiger partial charge in [0.15, 0.2) is 11.9 Å². The predicted molar refractivity (Wildman–Crippen MR) is 107 cm³/mol. The van der Waals surface area contributed by atoms with Crippen molar-refractivity contribution in [2.45, 2.75) is 13.3 Å². The maximum atomic E-state index is 12.5. The average Bonchev–Trinajstić information content (AvgIpc) is 2.64. The lowest BCUT2D eigenvalue weighted by atomic mass is 10.00. The van der Waals surface area contributed by atoms with Gasteiger partial charge in [0.1, 0.15) is 18.1 Å². The number of carbonyl (C=O) groups is 2. The zero-order valence-corrected chi connectivity index (χ0v) is 17.0. The first-order chi connectivity index (χ1) is 13.8. The summed E-state index contributed by atoms with van der Waals surface area (Å²) in [5.41, 5.74) is -0.351. The van der Waals surface area contributed by atoms with E-state index in [-0.39, 0.29) is 47.1 Å². The normalized spacial score (nSPS) is 11.1. The minimum atomic E-state index is -0.741. The second-order valence-electron chi connectivity index (χ2n) is 6.79. The Morgan fingerprint density at radius 3 is 2.69 bits per heavy atom. The average molecular weight is 406 g/mol. The van der Waals surface area contributed by atoms with Gasteiger partial charge in [0.05, 0.1) is 29.5 Å². The third-order valence-corrected chi connectivity index (χ3v) is 4.41. The number of nitrogens with one attached hydrogen (secondary N) is 1. The van der Waals surface area contributed by atoms with E-state index in [2.05, 4.69) is 5.32 Å². The number of nitrogens with zero attached hydrogens (tertiary/aromatic N) is 1. The summed E-state index contributed by atoms with van der Waals surface area (Å²) >= 11 is 0. The number of methoxy groups -OCH3 is 1. The van der Waals surface area contributed by atoms with Gasteiger partial charge in [-0.2, -0.15) is 0 Å². The molecular weight excluding hydrogens is 380 g/mol. The van der Waals surface area contributed by atoms with E-state index in [0.717, 1.165) is 0 Å². The van der Waals surface area contributed by atoms with Crippen LogP contribution in [0.3, 0.4) is 0 Å². The topological polar surface area (TPSA) is 118 Å². The quantitative estimate of drug-likeness (QED) is 0.339. The number of aryl methyl sites for hydroxylation is 1. The molecule has 0 aliphatic carbocycles. The van der Waals surface area contributed by atoms with Gasteiger partial charge < -0.3 is 29.2 Å². The molecule has 158 valence electrons.